The fraction of sp³-hybridized carbons (Fsp3) is 0.429. The molecule has 0 aliphatic carbocycles. The summed E-state index contributed by atoms with van der Waals surface area (Å²) in [5.74, 6) is -0.797. The van der Waals surface area contributed by atoms with Gasteiger partial charge in [0, 0.05) is 18.8 Å². The van der Waals surface area contributed by atoms with Crippen molar-refractivity contribution in [3.05, 3.63) is 23.8 Å². The van der Waals surface area contributed by atoms with Crippen LogP contribution in [0.4, 0.5) is 0 Å². The summed E-state index contributed by atoms with van der Waals surface area (Å²) in [6.07, 6.45) is -0.177. The highest BCUT2D eigenvalue weighted by Crippen LogP contribution is 2.30. The lowest BCUT2D eigenvalue weighted by molar-refractivity contribution is -0.306. The van der Waals surface area contributed by atoms with E-state index in [0.717, 1.165) is 0 Å². The van der Waals surface area contributed by atoms with Crippen molar-refractivity contribution in [1.29, 1.82) is 0 Å². The van der Waals surface area contributed by atoms with Gasteiger partial charge in [-0.25, -0.2) is 0 Å². The number of aliphatic carboxylic acids is 1. The first kappa shape index (κ1) is 16.8. The average Bonchev–Trinajstić information content (AvgIpc) is 2.49. The molecule has 0 spiro atoms. The van der Waals surface area contributed by atoms with Crippen LogP contribution in [0.5, 0.6) is 11.5 Å². The molecular formula is C14H18NO6-. The van der Waals surface area contributed by atoms with Crippen molar-refractivity contribution in [2.45, 2.75) is 25.8 Å². The van der Waals surface area contributed by atoms with Gasteiger partial charge in [-0.2, -0.15) is 0 Å². The van der Waals surface area contributed by atoms with E-state index in [1.165, 1.54) is 14.2 Å². The van der Waals surface area contributed by atoms with Crippen LogP contribution in [0.25, 0.3) is 0 Å². The van der Waals surface area contributed by atoms with E-state index in [4.69, 9.17) is 14.3 Å². The first-order valence-electron chi connectivity index (χ1n) is 6.38. The Kier molecular flexibility index (Phi) is 6.48. The maximum atomic E-state index is 11.2. The number of hydrogen-bond acceptors (Lipinski definition) is 7. The molecule has 1 N–H and O–H groups in total. The lowest BCUT2D eigenvalue weighted by Crippen LogP contribution is -2.32. The van der Waals surface area contributed by atoms with Gasteiger partial charge >= 0.3 is 5.97 Å². The minimum absolute atomic E-state index is 0.178. The average molecular weight is 296 g/mol. The van der Waals surface area contributed by atoms with Gasteiger partial charge in [0.05, 0.1) is 20.3 Å². The van der Waals surface area contributed by atoms with E-state index in [1.54, 1.807) is 25.1 Å². The number of hydrogen-bond donors (Lipinski definition) is 1. The van der Waals surface area contributed by atoms with E-state index in [2.05, 4.69) is 5.48 Å². The third-order valence-electron chi connectivity index (χ3n) is 2.78. The first-order chi connectivity index (χ1) is 10.0. The van der Waals surface area contributed by atoms with Crippen LogP contribution in [-0.2, 0) is 14.4 Å². The van der Waals surface area contributed by atoms with Gasteiger partial charge in [-0.3, -0.25) is 4.79 Å². The number of benzene rings is 1. The molecule has 0 saturated carbocycles. The lowest BCUT2D eigenvalue weighted by Gasteiger charge is -2.20. The summed E-state index contributed by atoms with van der Waals surface area (Å²) in [4.78, 5) is 26.8. The number of carboxylic acids is 1. The molecule has 116 valence electrons. The second-order valence-corrected chi connectivity index (χ2v) is 4.19. The summed E-state index contributed by atoms with van der Waals surface area (Å²) in [6, 6.07) is 4.16. The third kappa shape index (κ3) is 4.96. The molecule has 0 aliphatic heterocycles. The third-order valence-corrected chi connectivity index (χ3v) is 2.78. The number of carbonyl (C=O) groups is 2. The number of rotatable bonds is 8. The standard InChI is InChI=1S/C14H19NO6/c1-4-14(18)21-15-10(8-13(16)17)9-5-6-11(19-2)12(7-9)20-3/h5-7,10,15H,4,8H2,1-3H3,(H,16,17)/p-1/t10-/m0/s1. The van der Waals surface area contributed by atoms with Crippen molar-refractivity contribution in [3.8, 4) is 11.5 Å². The lowest BCUT2D eigenvalue weighted by atomic mass is 10.0. The van der Waals surface area contributed by atoms with E-state index >= 15 is 0 Å². The topological polar surface area (TPSA) is 96.9 Å². The molecule has 0 saturated heterocycles. The smallest absolute Gasteiger partial charge is 0.324 e. The number of nitrogens with one attached hydrogen (secondary N) is 1. The monoisotopic (exact) mass is 296 g/mol. The summed E-state index contributed by atoms with van der Waals surface area (Å²) in [7, 11) is 2.97. The normalized spacial score (nSPS) is 11.6. The molecule has 0 bridgehead atoms. The number of carbonyl (C=O) groups excluding carboxylic acids is 2. The Hall–Kier alpha value is -2.28. The second kappa shape index (κ2) is 8.11. The Morgan fingerprint density at radius 3 is 2.43 bits per heavy atom. The number of hydroxylamine groups is 1. The molecule has 0 amide bonds. The molecule has 0 unspecified atom stereocenters. The maximum absolute atomic E-state index is 11.2. The van der Waals surface area contributed by atoms with Crippen molar-refractivity contribution in [2.24, 2.45) is 0 Å². The molecule has 1 aromatic carbocycles. The van der Waals surface area contributed by atoms with Crippen LogP contribution in [0.15, 0.2) is 18.2 Å². The largest absolute Gasteiger partial charge is 0.550 e. The molecular weight excluding hydrogens is 278 g/mol. The van der Waals surface area contributed by atoms with Crippen molar-refractivity contribution < 1.29 is 29.0 Å². The van der Waals surface area contributed by atoms with E-state index in [9.17, 15) is 14.7 Å². The van der Waals surface area contributed by atoms with Gasteiger partial charge in [-0.1, -0.05) is 13.0 Å². The summed E-state index contributed by atoms with van der Waals surface area (Å²) >= 11 is 0. The van der Waals surface area contributed by atoms with Gasteiger partial charge in [0.2, 0.25) is 0 Å². The zero-order chi connectivity index (χ0) is 15.8. The minimum Gasteiger partial charge on any atom is -0.550 e. The molecule has 0 radical (unpaired) electrons. The van der Waals surface area contributed by atoms with E-state index in [0.29, 0.717) is 17.1 Å². The molecule has 0 fully saturated rings. The molecule has 0 aromatic heterocycles. The zero-order valence-electron chi connectivity index (χ0n) is 12.2. The fourth-order valence-electron chi connectivity index (χ4n) is 1.67. The van der Waals surface area contributed by atoms with Gasteiger partial charge in [-0.05, 0) is 17.7 Å². The Bertz CT molecular complexity index is 502. The van der Waals surface area contributed by atoms with Crippen LogP contribution in [0, 0.1) is 0 Å². The van der Waals surface area contributed by atoms with Crippen molar-refractivity contribution in [1.82, 2.24) is 5.48 Å². The molecule has 1 atom stereocenters. The number of carboxylic acid groups (broad SMARTS) is 1. The Labute approximate surface area is 122 Å². The van der Waals surface area contributed by atoms with Crippen LogP contribution in [0.2, 0.25) is 0 Å². The van der Waals surface area contributed by atoms with Gasteiger partial charge in [0.1, 0.15) is 0 Å². The molecule has 0 heterocycles. The second-order valence-electron chi connectivity index (χ2n) is 4.19. The highest BCUT2D eigenvalue weighted by molar-refractivity contribution is 5.69. The highest BCUT2D eigenvalue weighted by Gasteiger charge is 2.16. The van der Waals surface area contributed by atoms with E-state index in [1.807, 2.05) is 0 Å². The van der Waals surface area contributed by atoms with E-state index < -0.39 is 18.0 Å². The summed E-state index contributed by atoms with van der Waals surface area (Å²) in [6.45, 7) is 1.63. The summed E-state index contributed by atoms with van der Waals surface area (Å²) < 4.78 is 10.3. The molecule has 1 aromatic rings. The van der Waals surface area contributed by atoms with Crippen LogP contribution < -0.4 is 20.1 Å². The molecule has 7 heteroatoms. The predicted octanol–water partition coefficient (Wildman–Crippen LogP) is 0.343. The van der Waals surface area contributed by atoms with Crippen molar-refractivity contribution >= 4 is 11.9 Å². The highest BCUT2D eigenvalue weighted by atomic mass is 16.7. The van der Waals surface area contributed by atoms with Crippen molar-refractivity contribution in [3.63, 3.8) is 0 Å². The minimum atomic E-state index is -1.27. The van der Waals surface area contributed by atoms with E-state index in [-0.39, 0.29) is 12.8 Å². The maximum Gasteiger partial charge on any atom is 0.324 e. The Morgan fingerprint density at radius 2 is 1.90 bits per heavy atom. The first-order valence-corrected chi connectivity index (χ1v) is 6.38. The fourth-order valence-corrected chi connectivity index (χ4v) is 1.67. The van der Waals surface area contributed by atoms with Crippen LogP contribution in [0.3, 0.4) is 0 Å². The van der Waals surface area contributed by atoms with Gasteiger partial charge in [0.25, 0.3) is 0 Å². The number of ether oxygens (including phenoxy) is 2. The van der Waals surface area contributed by atoms with Gasteiger partial charge in [0.15, 0.2) is 11.5 Å². The predicted molar refractivity (Wildman–Crippen MR) is 71.4 cm³/mol. The molecule has 7 nitrogen and oxygen atoms in total. The van der Waals surface area contributed by atoms with Crippen LogP contribution >= 0.6 is 0 Å². The molecule has 0 aliphatic rings. The van der Waals surface area contributed by atoms with Gasteiger partial charge in [-0.15, -0.1) is 5.48 Å². The summed E-state index contributed by atoms with van der Waals surface area (Å²) in [5.41, 5.74) is 3.01. The molecule has 1 rings (SSSR count). The quantitative estimate of drug-likeness (QED) is 0.691. The van der Waals surface area contributed by atoms with Gasteiger partial charge < -0.3 is 24.2 Å². The molecule has 21 heavy (non-hydrogen) atoms. The van der Waals surface area contributed by atoms with Crippen LogP contribution in [-0.4, -0.2) is 26.2 Å². The number of methoxy groups -OCH3 is 2. The summed E-state index contributed by atoms with van der Waals surface area (Å²) in [5, 5.41) is 10.8. The zero-order valence-corrected chi connectivity index (χ0v) is 12.2. The Morgan fingerprint density at radius 1 is 1.24 bits per heavy atom. The van der Waals surface area contributed by atoms with Crippen molar-refractivity contribution in [2.75, 3.05) is 14.2 Å². The Balaban J connectivity index is 2.96. The van der Waals surface area contributed by atoms with Crippen LogP contribution in [0.1, 0.15) is 31.4 Å². The SMILES string of the molecule is CCC(=O)ON[C@@H](CC(=O)[O-])c1ccc(OC)c(OC)c1.